The molecule has 3 N–H and O–H groups in total. The monoisotopic (exact) mass is 283 g/mol. The number of phenolic OH excluding ortho intramolecular Hbond substituents is 1. The van der Waals surface area contributed by atoms with Crippen molar-refractivity contribution in [2.75, 3.05) is 0 Å². The summed E-state index contributed by atoms with van der Waals surface area (Å²) in [6.45, 7) is 0. The van der Waals surface area contributed by atoms with Gasteiger partial charge < -0.3 is 15.6 Å². The van der Waals surface area contributed by atoms with Crippen LogP contribution in [0, 0.1) is 0 Å². The lowest BCUT2D eigenvalue weighted by atomic mass is 9.99. The molecule has 2 rings (SSSR count). The number of hydrogen-bond acceptors (Lipinski definition) is 3. The molecule has 2 aromatic rings. The van der Waals surface area contributed by atoms with Gasteiger partial charge in [-0.2, -0.15) is 0 Å². The molecule has 0 bridgehead atoms. The highest BCUT2D eigenvalue weighted by molar-refractivity contribution is 5.41. The van der Waals surface area contributed by atoms with Gasteiger partial charge in [-0.05, 0) is 23.8 Å². The summed E-state index contributed by atoms with van der Waals surface area (Å²) in [4.78, 5) is 0. The van der Waals surface area contributed by atoms with E-state index in [0.717, 1.165) is 0 Å². The summed E-state index contributed by atoms with van der Waals surface area (Å²) in [5.41, 5.74) is 7.04. The summed E-state index contributed by atoms with van der Waals surface area (Å²) in [6.07, 6.45) is -4.72. The molecule has 20 heavy (non-hydrogen) atoms. The van der Waals surface area contributed by atoms with Crippen molar-refractivity contribution in [2.24, 2.45) is 5.73 Å². The molecule has 0 aliphatic rings. The standard InChI is InChI=1S/C14H12F3NO2/c15-14(16,17)20-10-7-5-9(6-8-10)13(18)11-3-1-2-4-12(11)19/h1-8,13,19H,18H2/t13-/m1/s1. The second kappa shape index (κ2) is 5.42. The normalized spacial score (nSPS) is 13.0. The van der Waals surface area contributed by atoms with Crippen LogP contribution in [0.25, 0.3) is 0 Å². The zero-order chi connectivity index (χ0) is 14.8. The molecule has 106 valence electrons. The van der Waals surface area contributed by atoms with Crippen LogP contribution in [0.5, 0.6) is 11.5 Å². The van der Waals surface area contributed by atoms with Crippen molar-refractivity contribution in [3.8, 4) is 11.5 Å². The van der Waals surface area contributed by atoms with Gasteiger partial charge in [0.2, 0.25) is 0 Å². The zero-order valence-electron chi connectivity index (χ0n) is 10.3. The van der Waals surface area contributed by atoms with E-state index in [2.05, 4.69) is 4.74 Å². The summed E-state index contributed by atoms with van der Waals surface area (Å²) in [5.74, 6) is -0.277. The summed E-state index contributed by atoms with van der Waals surface area (Å²) in [6, 6.07) is 11.1. The lowest BCUT2D eigenvalue weighted by Crippen LogP contribution is -2.17. The Morgan fingerprint density at radius 1 is 1.00 bits per heavy atom. The van der Waals surface area contributed by atoms with Crippen LogP contribution in [0.4, 0.5) is 13.2 Å². The Kier molecular flexibility index (Phi) is 3.85. The summed E-state index contributed by atoms with van der Waals surface area (Å²) < 4.78 is 39.9. The Bertz CT molecular complexity index is 582. The highest BCUT2D eigenvalue weighted by Crippen LogP contribution is 2.29. The van der Waals surface area contributed by atoms with Gasteiger partial charge in [-0.3, -0.25) is 0 Å². The first-order chi connectivity index (χ1) is 9.37. The molecule has 0 spiro atoms. The molecule has 0 saturated carbocycles. The average molecular weight is 283 g/mol. The van der Waals surface area contributed by atoms with Gasteiger partial charge >= 0.3 is 6.36 Å². The second-order valence-corrected chi connectivity index (χ2v) is 4.15. The molecular formula is C14H12F3NO2. The van der Waals surface area contributed by atoms with Gasteiger partial charge in [-0.15, -0.1) is 13.2 Å². The number of nitrogens with two attached hydrogens (primary N) is 1. The Morgan fingerprint density at radius 3 is 2.15 bits per heavy atom. The molecule has 0 aliphatic carbocycles. The Labute approximate surface area is 113 Å². The maximum Gasteiger partial charge on any atom is 0.573 e. The molecule has 6 heteroatoms. The maximum absolute atomic E-state index is 12.0. The number of para-hydroxylation sites is 1. The zero-order valence-corrected chi connectivity index (χ0v) is 10.3. The van der Waals surface area contributed by atoms with E-state index >= 15 is 0 Å². The lowest BCUT2D eigenvalue weighted by molar-refractivity contribution is -0.274. The fourth-order valence-electron chi connectivity index (χ4n) is 1.81. The number of alkyl halides is 3. The summed E-state index contributed by atoms with van der Waals surface area (Å²) in [5, 5.41) is 9.70. The fourth-order valence-corrected chi connectivity index (χ4v) is 1.81. The van der Waals surface area contributed by atoms with E-state index in [1.54, 1.807) is 18.2 Å². The van der Waals surface area contributed by atoms with Gasteiger partial charge in [0.1, 0.15) is 11.5 Å². The first-order valence-corrected chi connectivity index (χ1v) is 5.76. The van der Waals surface area contributed by atoms with Crippen LogP contribution in [0.2, 0.25) is 0 Å². The third-order valence-electron chi connectivity index (χ3n) is 2.74. The van der Waals surface area contributed by atoms with Crippen molar-refractivity contribution in [3.63, 3.8) is 0 Å². The molecule has 0 saturated heterocycles. The number of hydrogen-bond donors (Lipinski definition) is 2. The quantitative estimate of drug-likeness (QED) is 0.908. The average Bonchev–Trinajstić information content (AvgIpc) is 2.37. The molecule has 0 unspecified atom stereocenters. The fraction of sp³-hybridized carbons (Fsp3) is 0.143. The number of phenols is 1. The Balaban J connectivity index is 2.20. The predicted octanol–water partition coefficient (Wildman–Crippen LogP) is 3.34. The number of halogens is 3. The smallest absolute Gasteiger partial charge is 0.508 e. The molecule has 1 atom stereocenters. The molecule has 0 aliphatic heterocycles. The van der Waals surface area contributed by atoms with Crippen molar-refractivity contribution in [1.82, 2.24) is 0 Å². The van der Waals surface area contributed by atoms with Gasteiger partial charge in [-0.1, -0.05) is 30.3 Å². The first-order valence-electron chi connectivity index (χ1n) is 5.76. The van der Waals surface area contributed by atoms with Crippen LogP contribution in [0.3, 0.4) is 0 Å². The van der Waals surface area contributed by atoms with Crippen LogP contribution in [-0.4, -0.2) is 11.5 Å². The van der Waals surface area contributed by atoms with Gasteiger partial charge in [0, 0.05) is 5.56 Å². The van der Waals surface area contributed by atoms with E-state index in [1.165, 1.54) is 30.3 Å². The van der Waals surface area contributed by atoms with Gasteiger partial charge in [0.05, 0.1) is 6.04 Å². The van der Waals surface area contributed by atoms with E-state index < -0.39 is 12.4 Å². The van der Waals surface area contributed by atoms with E-state index in [4.69, 9.17) is 5.73 Å². The first kappa shape index (κ1) is 14.2. The van der Waals surface area contributed by atoms with Crippen molar-refractivity contribution >= 4 is 0 Å². The van der Waals surface area contributed by atoms with Crippen LogP contribution >= 0.6 is 0 Å². The molecule has 0 amide bonds. The minimum Gasteiger partial charge on any atom is -0.508 e. The Morgan fingerprint density at radius 2 is 1.60 bits per heavy atom. The summed E-state index contributed by atoms with van der Waals surface area (Å²) in [7, 11) is 0. The third-order valence-corrected chi connectivity index (χ3v) is 2.74. The molecular weight excluding hydrogens is 271 g/mol. The number of ether oxygens (including phenoxy) is 1. The Hall–Kier alpha value is -2.21. The number of aromatic hydroxyl groups is 1. The second-order valence-electron chi connectivity index (χ2n) is 4.15. The third kappa shape index (κ3) is 3.42. The van der Waals surface area contributed by atoms with E-state index in [-0.39, 0.29) is 11.5 Å². The van der Waals surface area contributed by atoms with Crippen molar-refractivity contribution in [2.45, 2.75) is 12.4 Å². The van der Waals surface area contributed by atoms with Gasteiger partial charge in [0.15, 0.2) is 0 Å². The molecule has 0 fully saturated rings. The lowest BCUT2D eigenvalue weighted by Gasteiger charge is -2.15. The van der Waals surface area contributed by atoms with E-state index in [0.29, 0.717) is 11.1 Å². The van der Waals surface area contributed by atoms with Crippen molar-refractivity contribution in [3.05, 3.63) is 59.7 Å². The summed E-state index contributed by atoms with van der Waals surface area (Å²) >= 11 is 0. The predicted molar refractivity (Wildman–Crippen MR) is 67.3 cm³/mol. The topological polar surface area (TPSA) is 55.5 Å². The van der Waals surface area contributed by atoms with Crippen LogP contribution in [0.15, 0.2) is 48.5 Å². The van der Waals surface area contributed by atoms with Gasteiger partial charge in [0.25, 0.3) is 0 Å². The molecule has 0 heterocycles. The minimum atomic E-state index is -4.72. The molecule has 2 aromatic carbocycles. The molecule has 3 nitrogen and oxygen atoms in total. The number of benzene rings is 2. The largest absolute Gasteiger partial charge is 0.573 e. The number of rotatable bonds is 3. The molecule has 0 radical (unpaired) electrons. The SMILES string of the molecule is N[C@H](c1ccc(OC(F)(F)F)cc1)c1ccccc1O. The van der Waals surface area contributed by atoms with Crippen LogP contribution in [0.1, 0.15) is 17.2 Å². The highest BCUT2D eigenvalue weighted by atomic mass is 19.4. The van der Waals surface area contributed by atoms with Crippen molar-refractivity contribution in [1.29, 1.82) is 0 Å². The van der Waals surface area contributed by atoms with E-state index in [1.807, 2.05) is 0 Å². The van der Waals surface area contributed by atoms with Crippen LogP contribution < -0.4 is 10.5 Å². The highest BCUT2D eigenvalue weighted by Gasteiger charge is 2.31. The van der Waals surface area contributed by atoms with Gasteiger partial charge in [-0.25, -0.2) is 0 Å². The van der Waals surface area contributed by atoms with Crippen LogP contribution in [-0.2, 0) is 0 Å². The molecule has 0 aromatic heterocycles. The minimum absolute atomic E-state index is 0.0376. The van der Waals surface area contributed by atoms with Crippen molar-refractivity contribution < 1.29 is 23.0 Å². The van der Waals surface area contributed by atoms with E-state index in [9.17, 15) is 18.3 Å². The maximum atomic E-state index is 12.0.